The van der Waals surface area contributed by atoms with Gasteiger partial charge in [0, 0.05) is 13.7 Å². The first-order valence-electron chi connectivity index (χ1n) is 11.8. The van der Waals surface area contributed by atoms with Crippen LogP contribution in [0.1, 0.15) is 61.6 Å². The van der Waals surface area contributed by atoms with Crippen molar-refractivity contribution in [2.24, 2.45) is 11.8 Å². The number of benzene rings is 3. The van der Waals surface area contributed by atoms with Gasteiger partial charge in [-0.3, -0.25) is 0 Å². The molecule has 0 radical (unpaired) electrons. The zero-order valence-corrected chi connectivity index (χ0v) is 18.5. The second-order valence-electron chi connectivity index (χ2n) is 9.78. The van der Waals surface area contributed by atoms with Crippen LogP contribution in [0.25, 0.3) is 21.9 Å². The van der Waals surface area contributed by atoms with E-state index in [0.29, 0.717) is 5.92 Å². The maximum absolute atomic E-state index is 5.40. The molecule has 0 amide bonds. The summed E-state index contributed by atoms with van der Waals surface area (Å²) in [7, 11) is 1.82. The lowest BCUT2D eigenvalue weighted by molar-refractivity contribution is 0.145. The predicted octanol–water partition coefficient (Wildman–Crippen LogP) is 7.55. The van der Waals surface area contributed by atoms with Crippen LogP contribution < -0.4 is 0 Å². The van der Waals surface area contributed by atoms with Gasteiger partial charge in [0.2, 0.25) is 0 Å². The first kappa shape index (κ1) is 19.8. The lowest BCUT2D eigenvalue weighted by atomic mass is 9.79. The van der Waals surface area contributed by atoms with Gasteiger partial charge in [0.25, 0.3) is 0 Å². The summed E-state index contributed by atoms with van der Waals surface area (Å²) < 4.78 is 5.40. The number of hydrogen-bond acceptors (Lipinski definition) is 1. The summed E-state index contributed by atoms with van der Waals surface area (Å²) in [5, 5.41) is 2.82. The van der Waals surface area contributed by atoms with Crippen molar-refractivity contribution < 1.29 is 4.74 Å². The Kier molecular flexibility index (Phi) is 5.65. The molecule has 1 heteroatoms. The zero-order chi connectivity index (χ0) is 20.5. The van der Waals surface area contributed by atoms with Crippen molar-refractivity contribution in [1.29, 1.82) is 0 Å². The topological polar surface area (TPSA) is 9.23 Å². The monoisotopic (exact) mass is 398 g/mol. The van der Waals surface area contributed by atoms with Crippen LogP contribution in [0, 0.1) is 11.8 Å². The number of aryl methyl sites for hydroxylation is 1. The molecule has 0 bridgehead atoms. The molecular formula is C29H34O. The van der Waals surface area contributed by atoms with E-state index in [-0.39, 0.29) is 0 Å². The van der Waals surface area contributed by atoms with Crippen LogP contribution in [-0.2, 0) is 17.6 Å². The fraction of sp³-hybridized carbons (Fsp3) is 0.448. The molecule has 0 heterocycles. The Balaban J connectivity index is 1.38. The van der Waals surface area contributed by atoms with Crippen molar-refractivity contribution in [3.63, 3.8) is 0 Å². The third-order valence-electron chi connectivity index (χ3n) is 7.67. The van der Waals surface area contributed by atoms with Gasteiger partial charge in [0.05, 0.1) is 0 Å². The van der Waals surface area contributed by atoms with Crippen LogP contribution >= 0.6 is 0 Å². The number of fused-ring (bicyclic) bond motifs is 3. The van der Waals surface area contributed by atoms with Gasteiger partial charge in [-0.25, -0.2) is 0 Å². The molecule has 1 fully saturated rings. The standard InChI is InChI=1S/C29H34O/c1-20-3-6-22(7-4-20)23-8-10-24(11-9-23)25-14-16-29-27(18-25)13-12-26-17-21(19-30-2)5-15-28(26)29/h8-14,16,18,20-22H,3-7,15,17,19H2,1-2H3. The maximum Gasteiger partial charge on any atom is 0.0493 e. The molecular weight excluding hydrogens is 364 g/mol. The highest BCUT2D eigenvalue weighted by Crippen LogP contribution is 2.37. The highest BCUT2D eigenvalue weighted by molar-refractivity contribution is 5.91. The molecule has 0 spiro atoms. The van der Waals surface area contributed by atoms with E-state index in [2.05, 4.69) is 61.5 Å². The third-order valence-corrected chi connectivity index (χ3v) is 7.67. The van der Waals surface area contributed by atoms with E-state index >= 15 is 0 Å². The Morgan fingerprint density at radius 2 is 1.60 bits per heavy atom. The molecule has 2 aliphatic rings. The van der Waals surface area contributed by atoms with Gasteiger partial charge in [-0.15, -0.1) is 0 Å². The van der Waals surface area contributed by atoms with E-state index in [9.17, 15) is 0 Å². The summed E-state index contributed by atoms with van der Waals surface area (Å²) in [5.74, 6) is 2.35. The van der Waals surface area contributed by atoms with E-state index in [1.165, 1.54) is 71.6 Å². The van der Waals surface area contributed by atoms with Gasteiger partial charge in [-0.05, 0) is 94.5 Å². The van der Waals surface area contributed by atoms with Gasteiger partial charge in [-0.1, -0.05) is 68.3 Å². The van der Waals surface area contributed by atoms with Crippen molar-refractivity contribution in [2.45, 2.75) is 57.8 Å². The third kappa shape index (κ3) is 3.93. The minimum absolute atomic E-state index is 0.671. The molecule has 3 aromatic carbocycles. The molecule has 156 valence electrons. The molecule has 30 heavy (non-hydrogen) atoms. The summed E-state index contributed by atoms with van der Waals surface area (Å²) in [5.41, 5.74) is 7.29. The van der Waals surface area contributed by atoms with Gasteiger partial charge < -0.3 is 4.74 Å². The fourth-order valence-electron chi connectivity index (χ4n) is 5.79. The van der Waals surface area contributed by atoms with Gasteiger partial charge in [0.15, 0.2) is 0 Å². The molecule has 0 aromatic heterocycles. The zero-order valence-electron chi connectivity index (χ0n) is 18.5. The van der Waals surface area contributed by atoms with Crippen molar-refractivity contribution >= 4 is 10.8 Å². The number of rotatable bonds is 4. The van der Waals surface area contributed by atoms with Crippen molar-refractivity contribution in [2.75, 3.05) is 13.7 Å². The Morgan fingerprint density at radius 3 is 2.37 bits per heavy atom. The molecule has 0 aliphatic heterocycles. The van der Waals surface area contributed by atoms with Crippen LogP contribution in [0.2, 0.25) is 0 Å². The Bertz CT molecular complexity index is 1010. The summed E-state index contributed by atoms with van der Waals surface area (Å²) >= 11 is 0. The van der Waals surface area contributed by atoms with Gasteiger partial charge in [-0.2, -0.15) is 0 Å². The minimum Gasteiger partial charge on any atom is -0.384 e. The van der Waals surface area contributed by atoms with Crippen molar-refractivity contribution in [1.82, 2.24) is 0 Å². The summed E-state index contributed by atoms with van der Waals surface area (Å²) in [6, 6.07) is 21.2. The SMILES string of the molecule is COCC1CCc2c(ccc3cc(-c4ccc(C5CCC(C)CC5)cc4)ccc23)C1. The van der Waals surface area contributed by atoms with E-state index < -0.39 is 0 Å². The molecule has 5 rings (SSSR count). The predicted molar refractivity (Wildman–Crippen MR) is 127 cm³/mol. The fourth-order valence-corrected chi connectivity index (χ4v) is 5.79. The number of ether oxygens (including phenoxy) is 1. The van der Waals surface area contributed by atoms with Gasteiger partial charge >= 0.3 is 0 Å². The average molecular weight is 399 g/mol. The normalized spacial score (nSPS) is 24.0. The maximum atomic E-state index is 5.40. The van der Waals surface area contributed by atoms with E-state index in [4.69, 9.17) is 4.74 Å². The van der Waals surface area contributed by atoms with Crippen LogP contribution in [0.3, 0.4) is 0 Å². The second kappa shape index (κ2) is 8.55. The minimum atomic E-state index is 0.671. The molecule has 1 unspecified atom stereocenters. The van der Waals surface area contributed by atoms with E-state index in [1.54, 1.807) is 5.56 Å². The van der Waals surface area contributed by atoms with Crippen LogP contribution in [0.15, 0.2) is 54.6 Å². The quantitative estimate of drug-likeness (QED) is 0.441. The number of methoxy groups -OCH3 is 1. The van der Waals surface area contributed by atoms with E-state index in [0.717, 1.165) is 24.9 Å². The summed E-state index contributed by atoms with van der Waals surface area (Å²) in [6.45, 7) is 3.28. The molecule has 3 aromatic rings. The molecule has 0 saturated heterocycles. The molecule has 1 saturated carbocycles. The van der Waals surface area contributed by atoms with Crippen LogP contribution in [0.5, 0.6) is 0 Å². The summed E-state index contributed by atoms with van der Waals surface area (Å²) in [4.78, 5) is 0. The number of hydrogen-bond donors (Lipinski definition) is 0. The first-order valence-corrected chi connectivity index (χ1v) is 11.8. The Labute approximate surface area is 181 Å². The van der Waals surface area contributed by atoms with Crippen LogP contribution in [0.4, 0.5) is 0 Å². The Hall–Kier alpha value is -2.12. The lowest BCUT2D eigenvalue weighted by Crippen LogP contribution is -2.18. The van der Waals surface area contributed by atoms with Crippen molar-refractivity contribution in [3.05, 3.63) is 71.3 Å². The molecule has 1 nitrogen and oxygen atoms in total. The highest BCUT2D eigenvalue weighted by Gasteiger charge is 2.21. The molecule has 1 atom stereocenters. The second-order valence-corrected chi connectivity index (χ2v) is 9.78. The first-order chi connectivity index (χ1) is 14.7. The van der Waals surface area contributed by atoms with E-state index in [1.807, 2.05) is 7.11 Å². The smallest absolute Gasteiger partial charge is 0.0493 e. The summed E-state index contributed by atoms with van der Waals surface area (Å²) in [6.07, 6.45) is 9.04. The Morgan fingerprint density at radius 1 is 0.833 bits per heavy atom. The van der Waals surface area contributed by atoms with Crippen molar-refractivity contribution in [3.8, 4) is 11.1 Å². The van der Waals surface area contributed by atoms with Crippen LogP contribution in [-0.4, -0.2) is 13.7 Å². The lowest BCUT2D eigenvalue weighted by Gasteiger charge is -2.26. The molecule has 2 aliphatic carbocycles. The van der Waals surface area contributed by atoms with Gasteiger partial charge in [0.1, 0.15) is 0 Å². The largest absolute Gasteiger partial charge is 0.384 e. The molecule has 0 N–H and O–H groups in total. The average Bonchev–Trinajstić information content (AvgIpc) is 2.79. The highest BCUT2D eigenvalue weighted by atomic mass is 16.5.